The summed E-state index contributed by atoms with van der Waals surface area (Å²) in [5.74, 6) is 0.848. The molecule has 1 aliphatic carbocycles. The van der Waals surface area contributed by atoms with Gasteiger partial charge in [0.1, 0.15) is 16.9 Å². The molecule has 0 unspecified atom stereocenters. The van der Waals surface area contributed by atoms with Crippen LogP contribution < -0.4 is 4.74 Å². The summed E-state index contributed by atoms with van der Waals surface area (Å²) in [6, 6.07) is 34.7. The minimum absolute atomic E-state index is 0.0705. The lowest BCUT2D eigenvalue weighted by atomic mass is 9.82. The molecule has 0 bridgehead atoms. The van der Waals surface area contributed by atoms with Gasteiger partial charge < -0.3 is 13.7 Å². The molecule has 3 nitrogen and oxygen atoms in total. The molecule has 0 amide bonds. The molecule has 0 radical (unpaired) electrons. The molecule has 0 N–H and O–H groups in total. The quantitative estimate of drug-likeness (QED) is 0.247. The Morgan fingerprint density at radius 1 is 0.676 bits per heavy atom. The largest absolute Gasteiger partial charge is 0.497 e. The van der Waals surface area contributed by atoms with Gasteiger partial charge in [0.15, 0.2) is 0 Å². The van der Waals surface area contributed by atoms with Crippen molar-refractivity contribution < 1.29 is 9.15 Å². The van der Waals surface area contributed by atoms with E-state index in [-0.39, 0.29) is 5.41 Å². The molecule has 2 heterocycles. The summed E-state index contributed by atoms with van der Waals surface area (Å²) in [5, 5.41) is 4.78. The number of benzene rings is 5. The second kappa shape index (κ2) is 7.04. The van der Waals surface area contributed by atoms with Gasteiger partial charge in [-0.15, -0.1) is 0 Å². The van der Waals surface area contributed by atoms with Gasteiger partial charge in [-0.3, -0.25) is 0 Å². The number of rotatable bonds is 2. The highest BCUT2D eigenvalue weighted by molar-refractivity contribution is 6.25. The monoisotopic (exact) mass is 479 g/mol. The molecule has 1 aliphatic rings. The second-order valence-electron chi connectivity index (χ2n) is 10.6. The molecule has 0 saturated heterocycles. The fraction of sp³-hybridized carbons (Fsp3) is 0.118. The molecular weight excluding hydrogens is 454 g/mol. The molecule has 0 saturated carbocycles. The number of hydrogen-bond acceptors (Lipinski definition) is 2. The van der Waals surface area contributed by atoms with Crippen LogP contribution in [0.4, 0.5) is 0 Å². The van der Waals surface area contributed by atoms with Crippen LogP contribution >= 0.6 is 0 Å². The van der Waals surface area contributed by atoms with Crippen LogP contribution in [0.2, 0.25) is 0 Å². The number of fused-ring (bicyclic) bond motifs is 10. The average Bonchev–Trinajstić information content (AvgIpc) is 3.54. The Labute approximate surface area is 214 Å². The molecule has 3 heteroatoms. The first kappa shape index (κ1) is 20.7. The van der Waals surface area contributed by atoms with Crippen molar-refractivity contribution in [3.63, 3.8) is 0 Å². The third kappa shape index (κ3) is 2.61. The Bertz CT molecular complexity index is 2040. The highest BCUT2D eigenvalue weighted by atomic mass is 16.5. The number of ether oxygens (including phenoxy) is 1. The van der Waals surface area contributed by atoms with Gasteiger partial charge in [-0.05, 0) is 76.9 Å². The number of nitrogens with zero attached hydrogens (tertiary/aromatic N) is 1. The lowest BCUT2D eigenvalue weighted by Crippen LogP contribution is -2.14. The summed E-state index contributed by atoms with van der Waals surface area (Å²) >= 11 is 0. The smallest absolute Gasteiger partial charge is 0.137 e. The van der Waals surface area contributed by atoms with Gasteiger partial charge in [-0.25, -0.2) is 0 Å². The minimum Gasteiger partial charge on any atom is -0.497 e. The number of methoxy groups -OCH3 is 1. The lowest BCUT2D eigenvalue weighted by Gasteiger charge is -2.21. The maximum Gasteiger partial charge on any atom is 0.137 e. The number of furan rings is 1. The fourth-order valence-corrected chi connectivity index (χ4v) is 6.51. The molecule has 5 aromatic carbocycles. The van der Waals surface area contributed by atoms with E-state index in [2.05, 4.69) is 97.3 Å². The summed E-state index contributed by atoms with van der Waals surface area (Å²) in [6.07, 6.45) is 0. The lowest BCUT2D eigenvalue weighted by molar-refractivity contribution is 0.415. The topological polar surface area (TPSA) is 27.3 Å². The molecule has 0 fully saturated rings. The van der Waals surface area contributed by atoms with Gasteiger partial charge in [0, 0.05) is 27.3 Å². The van der Waals surface area contributed by atoms with E-state index in [1.165, 1.54) is 44.1 Å². The maximum absolute atomic E-state index is 6.31. The number of aromatic nitrogens is 1. The van der Waals surface area contributed by atoms with E-state index in [1.807, 2.05) is 18.2 Å². The predicted molar refractivity (Wildman–Crippen MR) is 152 cm³/mol. The van der Waals surface area contributed by atoms with E-state index >= 15 is 0 Å². The van der Waals surface area contributed by atoms with E-state index in [9.17, 15) is 0 Å². The second-order valence-corrected chi connectivity index (χ2v) is 10.6. The van der Waals surface area contributed by atoms with Crippen LogP contribution in [0.1, 0.15) is 25.0 Å². The van der Waals surface area contributed by atoms with Crippen LogP contribution in [-0.2, 0) is 5.41 Å². The molecular formula is C34H25NO2. The first-order valence-electron chi connectivity index (χ1n) is 12.7. The van der Waals surface area contributed by atoms with Crippen molar-refractivity contribution in [2.24, 2.45) is 0 Å². The summed E-state index contributed by atoms with van der Waals surface area (Å²) in [7, 11) is 1.71. The van der Waals surface area contributed by atoms with Crippen LogP contribution in [0.5, 0.6) is 5.75 Å². The molecule has 37 heavy (non-hydrogen) atoms. The minimum atomic E-state index is -0.0705. The molecule has 178 valence electrons. The van der Waals surface area contributed by atoms with Gasteiger partial charge in [-0.1, -0.05) is 56.3 Å². The van der Waals surface area contributed by atoms with Crippen LogP contribution in [-0.4, -0.2) is 11.7 Å². The van der Waals surface area contributed by atoms with Crippen molar-refractivity contribution in [3.8, 4) is 22.6 Å². The zero-order valence-corrected chi connectivity index (χ0v) is 21.0. The summed E-state index contributed by atoms with van der Waals surface area (Å²) < 4.78 is 14.2. The van der Waals surface area contributed by atoms with Gasteiger partial charge in [-0.2, -0.15) is 0 Å². The Kier molecular flexibility index (Phi) is 3.93. The summed E-state index contributed by atoms with van der Waals surface area (Å²) in [6.45, 7) is 4.68. The molecule has 8 rings (SSSR count). The van der Waals surface area contributed by atoms with Crippen LogP contribution in [0.15, 0.2) is 101 Å². The van der Waals surface area contributed by atoms with E-state index in [1.54, 1.807) is 7.11 Å². The normalized spacial score (nSPS) is 14.0. The molecule has 2 aromatic heterocycles. The van der Waals surface area contributed by atoms with E-state index < -0.39 is 0 Å². The van der Waals surface area contributed by atoms with Crippen molar-refractivity contribution >= 4 is 43.7 Å². The fourth-order valence-electron chi connectivity index (χ4n) is 6.51. The highest BCUT2D eigenvalue weighted by Crippen LogP contribution is 2.51. The van der Waals surface area contributed by atoms with Crippen molar-refractivity contribution in [1.82, 2.24) is 4.57 Å². The van der Waals surface area contributed by atoms with Crippen LogP contribution in [0.3, 0.4) is 0 Å². The van der Waals surface area contributed by atoms with Gasteiger partial charge >= 0.3 is 0 Å². The van der Waals surface area contributed by atoms with Gasteiger partial charge in [0.2, 0.25) is 0 Å². The van der Waals surface area contributed by atoms with E-state index in [0.29, 0.717) is 0 Å². The SMILES string of the molecule is COc1ccc(-n2c3cc4c(cc3c3ccc5oc6ccccc6c5c32)-c2ccccc2C4(C)C)cc1. The van der Waals surface area contributed by atoms with Crippen molar-refractivity contribution in [2.75, 3.05) is 7.11 Å². The predicted octanol–water partition coefficient (Wildman–Crippen LogP) is 9.00. The Balaban J connectivity index is 1.58. The van der Waals surface area contributed by atoms with Crippen LogP contribution in [0.25, 0.3) is 60.6 Å². The highest BCUT2D eigenvalue weighted by Gasteiger charge is 2.36. The average molecular weight is 480 g/mol. The van der Waals surface area contributed by atoms with E-state index in [0.717, 1.165) is 33.4 Å². The zero-order valence-electron chi connectivity index (χ0n) is 21.0. The number of para-hydroxylation sites is 1. The number of hydrogen-bond donors (Lipinski definition) is 0. The van der Waals surface area contributed by atoms with Crippen molar-refractivity contribution in [2.45, 2.75) is 19.3 Å². The first-order valence-corrected chi connectivity index (χ1v) is 12.7. The third-order valence-corrected chi connectivity index (χ3v) is 8.30. The summed E-state index contributed by atoms with van der Waals surface area (Å²) in [5.41, 5.74) is 10.7. The Morgan fingerprint density at radius 3 is 2.30 bits per heavy atom. The maximum atomic E-state index is 6.31. The molecule has 0 atom stereocenters. The van der Waals surface area contributed by atoms with Gasteiger partial charge in [0.25, 0.3) is 0 Å². The zero-order chi connectivity index (χ0) is 24.9. The van der Waals surface area contributed by atoms with Crippen molar-refractivity contribution in [1.29, 1.82) is 0 Å². The molecule has 0 spiro atoms. The Hall–Kier alpha value is -4.50. The molecule has 7 aromatic rings. The molecule has 0 aliphatic heterocycles. The van der Waals surface area contributed by atoms with Crippen molar-refractivity contribution in [3.05, 3.63) is 108 Å². The Morgan fingerprint density at radius 2 is 1.46 bits per heavy atom. The van der Waals surface area contributed by atoms with E-state index in [4.69, 9.17) is 9.15 Å². The summed E-state index contributed by atoms with van der Waals surface area (Å²) in [4.78, 5) is 0. The van der Waals surface area contributed by atoms with Crippen LogP contribution in [0, 0.1) is 0 Å². The third-order valence-electron chi connectivity index (χ3n) is 8.30. The van der Waals surface area contributed by atoms with Gasteiger partial charge in [0.05, 0.1) is 23.5 Å². The first-order chi connectivity index (χ1) is 18.1. The standard InChI is InChI=1S/C34H25NO2/c1-34(2)27-10-6-4-8-22(27)25-18-26-23-16-17-31-32(24-9-5-7-11-30(24)37-31)33(23)35(29(26)19-28(25)34)20-12-14-21(36-3)15-13-20/h4-19H,1-3H3.